The Balaban J connectivity index is 1.42. The summed E-state index contributed by atoms with van der Waals surface area (Å²) in [5.74, 6) is -1.52. The number of nitrogens with one attached hydrogen (secondary N) is 2. The first-order valence-electron chi connectivity index (χ1n) is 10.2. The lowest BCUT2D eigenvalue weighted by Gasteiger charge is -2.20. The van der Waals surface area contributed by atoms with Crippen LogP contribution in [-0.4, -0.2) is 53.4 Å². The first-order chi connectivity index (χ1) is 13.4. The minimum atomic E-state index is -0.978. The SMILES string of the molecule is C[C@@H](OC(=O)CN1C(=O)NC2(CCCC2)C1=O)C(=O)NCCC1=CCCCC1. The second kappa shape index (κ2) is 8.75. The van der Waals surface area contributed by atoms with Crippen LogP contribution < -0.4 is 10.6 Å². The molecule has 1 saturated heterocycles. The quantitative estimate of drug-likeness (QED) is 0.391. The smallest absolute Gasteiger partial charge is 0.327 e. The maximum atomic E-state index is 12.5. The van der Waals surface area contributed by atoms with Crippen molar-refractivity contribution in [3.05, 3.63) is 11.6 Å². The zero-order chi connectivity index (χ0) is 20.1. The van der Waals surface area contributed by atoms with Gasteiger partial charge in [-0.1, -0.05) is 24.5 Å². The third-order valence-electron chi connectivity index (χ3n) is 5.80. The molecule has 1 spiro atoms. The summed E-state index contributed by atoms with van der Waals surface area (Å²) in [6, 6.07) is -0.568. The van der Waals surface area contributed by atoms with Gasteiger partial charge in [0.05, 0.1) is 0 Å². The maximum Gasteiger partial charge on any atom is 0.327 e. The van der Waals surface area contributed by atoms with Crippen LogP contribution in [0.1, 0.15) is 64.7 Å². The number of hydrogen-bond donors (Lipinski definition) is 2. The van der Waals surface area contributed by atoms with Crippen molar-refractivity contribution >= 4 is 23.8 Å². The van der Waals surface area contributed by atoms with Gasteiger partial charge in [0, 0.05) is 6.54 Å². The number of nitrogens with zero attached hydrogens (tertiary/aromatic N) is 1. The Labute approximate surface area is 165 Å². The molecule has 3 aliphatic rings. The van der Waals surface area contributed by atoms with Gasteiger partial charge in [0.25, 0.3) is 11.8 Å². The third-order valence-corrected chi connectivity index (χ3v) is 5.80. The number of carbonyl (C=O) groups excluding carboxylic acids is 4. The average molecular weight is 391 g/mol. The van der Waals surface area contributed by atoms with Gasteiger partial charge in [-0.25, -0.2) is 4.79 Å². The first kappa shape index (κ1) is 20.4. The molecule has 154 valence electrons. The fourth-order valence-corrected chi connectivity index (χ4v) is 4.18. The van der Waals surface area contributed by atoms with Crippen LogP contribution in [-0.2, 0) is 19.1 Å². The van der Waals surface area contributed by atoms with Crippen LogP contribution in [0.25, 0.3) is 0 Å². The Morgan fingerprint density at radius 1 is 1.25 bits per heavy atom. The van der Waals surface area contributed by atoms with Crippen LogP contribution in [0.3, 0.4) is 0 Å². The van der Waals surface area contributed by atoms with E-state index in [9.17, 15) is 19.2 Å². The molecule has 0 bridgehead atoms. The minimum Gasteiger partial charge on any atom is -0.451 e. The topological polar surface area (TPSA) is 105 Å². The highest BCUT2D eigenvalue weighted by molar-refractivity contribution is 6.08. The monoisotopic (exact) mass is 391 g/mol. The zero-order valence-corrected chi connectivity index (χ0v) is 16.4. The van der Waals surface area contributed by atoms with Gasteiger partial charge in [0.1, 0.15) is 12.1 Å². The Hall–Kier alpha value is -2.38. The summed E-state index contributed by atoms with van der Waals surface area (Å²) in [6.45, 7) is 1.51. The summed E-state index contributed by atoms with van der Waals surface area (Å²) in [6.07, 6.45) is 9.59. The van der Waals surface area contributed by atoms with Gasteiger partial charge in [-0.15, -0.1) is 0 Å². The number of ether oxygens (including phenoxy) is 1. The van der Waals surface area contributed by atoms with Crippen molar-refractivity contribution < 1.29 is 23.9 Å². The van der Waals surface area contributed by atoms with E-state index in [4.69, 9.17) is 4.74 Å². The molecule has 2 N–H and O–H groups in total. The number of urea groups is 1. The first-order valence-corrected chi connectivity index (χ1v) is 10.2. The van der Waals surface area contributed by atoms with Crippen molar-refractivity contribution in [1.29, 1.82) is 0 Å². The lowest BCUT2D eigenvalue weighted by molar-refractivity contribution is -0.156. The van der Waals surface area contributed by atoms with Crippen molar-refractivity contribution in [2.24, 2.45) is 0 Å². The Kier molecular flexibility index (Phi) is 6.36. The van der Waals surface area contributed by atoms with E-state index in [1.807, 2.05) is 0 Å². The van der Waals surface area contributed by atoms with Crippen molar-refractivity contribution in [3.8, 4) is 0 Å². The average Bonchev–Trinajstić information content (AvgIpc) is 3.23. The molecule has 2 aliphatic carbocycles. The van der Waals surface area contributed by atoms with Crippen LogP contribution in [0.15, 0.2) is 11.6 Å². The number of carbonyl (C=O) groups is 4. The molecule has 0 aromatic heterocycles. The van der Waals surface area contributed by atoms with Crippen LogP contribution in [0, 0.1) is 0 Å². The molecule has 0 aromatic carbocycles. The number of hydrogen-bond acceptors (Lipinski definition) is 5. The predicted molar refractivity (Wildman–Crippen MR) is 101 cm³/mol. The number of allylic oxidation sites excluding steroid dienone is 1. The molecule has 4 amide bonds. The van der Waals surface area contributed by atoms with E-state index in [1.165, 1.54) is 25.3 Å². The van der Waals surface area contributed by atoms with Gasteiger partial charge >= 0.3 is 12.0 Å². The van der Waals surface area contributed by atoms with E-state index in [0.29, 0.717) is 19.4 Å². The van der Waals surface area contributed by atoms with Crippen molar-refractivity contribution in [2.75, 3.05) is 13.1 Å². The third kappa shape index (κ3) is 4.54. The summed E-state index contributed by atoms with van der Waals surface area (Å²) >= 11 is 0. The molecular formula is C20H29N3O5. The van der Waals surface area contributed by atoms with Gasteiger partial charge in [-0.3, -0.25) is 19.3 Å². The molecule has 1 saturated carbocycles. The summed E-state index contributed by atoms with van der Waals surface area (Å²) in [7, 11) is 0. The molecule has 0 unspecified atom stereocenters. The van der Waals surface area contributed by atoms with Gasteiger partial charge < -0.3 is 15.4 Å². The molecule has 0 aromatic rings. The Morgan fingerprint density at radius 3 is 2.68 bits per heavy atom. The van der Waals surface area contributed by atoms with Crippen molar-refractivity contribution in [3.63, 3.8) is 0 Å². The van der Waals surface area contributed by atoms with E-state index in [-0.39, 0.29) is 11.8 Å². The highest BCUT2D eigenvalue weighted by Crippen LogP contribution is 2.34. The maximum absolute atomic E-state index is 12.5. The van der Waals surface area contributed by atoms with E-state index in [0.717, 1.165) is 37.0 Å². The van der Waals surface area contributed by atoms with E-state index >= 15 is 0 Å². The molecule has 1 atom stereocenters. The second-order valence-electron chi connectivity index (χ2n) is 7.89. The van der Waals surface area contributed by atoms with Crippen LogP contribution in [0.5, 0.6) is 0 Å². The molecule has 0 radical (unpaired) electrons. The molecule has 8 heteroatoms. The molecular weight excluding hydrogens is 362 g/mol. The molecule has 1 heterocycles. The summed E-state index contributed by atoms with van der Waals surface area (Å²) in [5, 5.41) is 5.48. The van der Waals surface area contributed by atoms with Crippen LogP contribution >= 0.6 is 0 Å². The predicted octanol–water partition coefficient (Wildman–Crippen LogP) is 1.79. The van der Waals surface area contributed by atoms with Gasteiger partial charge in [-0.05, 0) is 51.9 Å². The van der Waals surface area contributed by atoms with E-state index in [2.05, 4.69) is 16.7 Å². The molecule has 3 rings (SSSR count). The number of imide groups is 1. The Bertz CT molecular complexity index is 681. The summed E-state index contributed by atoms with van der Waals surface area (Å²) in [4.78, 5) is 49.8. The van der Waals surface area contributed by atoms with Gasteiger partial charge in [0.2, 0.25) is 0 Å². The zero-order valence-electron chi connectivity index (χ0n) is 16.4. The van der Waals surface area contributed by atoms with Crippen molar-refractivity contribution in [2.45, 2.75) is 76.4 Å². The van der Waals surface area contributed by atoms with Gasteiger partial charge in [-0.2, -0.15) is 0 Å². The normalized spacial score (nSPS) is 22.0. The molecule has 2 fully saturated rings. The number of esters is 1. The standard InChI is InChI=1S/C20H29N3O5/c1-14(17(25)21-12-9-15-7-3-2-4-8-15)28-16(24)13-23-18(26)20(22-19(23)27)10-5-6-11-20/h7,14H,2-6,8-13H2,1H3,(H,21,25)(H,22,27)/t14-/m1/s1. The lowest BCUT2D eigenvalue weighted by Crippen LogP contribution is -2.45. The summed E-state index contributed by atoms with van der Waals surface area (Å²) in [5.41, 5.74) is 0.504. The van der Waals surface area contributed by atoms with E-state index < -0.39 is 30.2 Å². The fraction of sp³-hybridized carbons (Fsp3) is 0.700. The molecule has 8 nitrogen and oxygen atoms in total. The van der Waals surface area contributed by atoms with Crippen LogP contribution in [0.2, 0.25) is 0 Å². The fourth-order valence-electron chi connectivity index (χ4n) is 4.18. The number of amides is 4. The second-order valence-corrected chi connectivity index (χ2v) is 7.89. The molecule has 28 heavy (non-hydrogen) atoms. The van der Waals surface area contributed by atoms with Gasteiger partial charge in [0.15, 0.2) is 6.10 Å². The largest absolute Gasteiger partial charge is 0.451 e. The highest BCUT2D eigenvalue weighted by Gasteiger charge is 2.52. The highest BCUT2D eigenvalue weighted by atomic mass is 16.5. The Morgan fingerprint density at radius 2 is 2.00 bits per heavy atom. The minimum absolute atomic E-state index is 0.371. The number of rotatable bonds is 7. The van der Waals surface area contributed by atoms with Crippen LogP contribution in [0.4, 0.5) is 4.79 Å². The summed E-state index contributed by atoms with van der Waals surface area (Å²) < 4.78 is 5.12. The molecule has 1 aliphatic heterocycles. The van der Waals surface area contributed by atoms with E-state index in [1.54, 1.807) is 0 Å². The van der Waals surface area contributed by atoms with Crippen molar-refractivity contribution in [1.82, 2.24) is 15.5 Å². The lowest BCUT2D eigenvalue weighted by atomic mass is 9.97.